The summed E-state index contributed by atoms with van der Waals surface area (Å²) < 4.78 is 13.4. The summed E-state index contributed by atoms with van der Waals surface area (Å²) >= 11 is 0. The van der Waals surface area contributed by atoms with Crippen LogP contribution in [0.5, 0.6) is 0 Å². The molecule has 1 atom stereocenters. The number of piperidine rings is 2. The van der Waals surface area contributed by atoms with Crippen molar-refractivity contribution in [3.05, 3.63) is 35.6 Å². The quantitative estimate of drug-likeness (QED) is 0.670. The third kappa shape index (κ3) is 6.53. The smallest absolute Gasteiger partial charge is 0.242 e. The van der Waals surface area contributed by atoms with Crippen molar-refractivity contribution < 1.29 is 14.0 Å². The van der Waals surface area contributed by atoms with Gasteiger partial charge in [-0.05, 0) is 69.2 Å². The summed E-state index contributed by atoms with van der Waals surface area (Å²) in [5, 5.41) is 0. The standard InChI is InChI=1S/C23H34FN3O2/c1-2-26(23(29)18-27-13-4-3-10-22(27)28)17-20-8-6-12-25(16-20)14-11-19-7-5-9-21(24)15-19/h5,7,9,15,20H,2-4,6,8,10-14,16-18H2,1H3/t20-/m1/s1. The molecule has 160 valence electrons. The second kappa shape index (κ2) is 10.7. The summed E-state index contributed by atoms with van der Waals surface area (Å²) in [6.07, 6.45) is 5.61. The highest BCUT2D eigenvalue weighted by Gasteiger charge is 2.26. The Labute approximate surface area is 173 Å². The number of halogens is 1. The minimum absolute atomic E-state index is 0.0691. The number of likely N-dealkylation sites (tertiary alicyclic amines) is 2. The molecule has 0 bridgehead atoms. The van der Waals surface area contributed by atoms with Gasteiger partial charge in [-0.3, -0.25) is 9.59 Å². The van der Waals surface area contributed by atoms with Gasteiger partial charge in [0.25, 0.3) is 0 Å². The molecular weight excluding hydrogens is 369 g/mol. The average molecular weight is 404 g/mol. The molecule has 0 radical (unpaired) electrons. The Morgan fingerprint density at radius 3 is 2.86 bits per heavy atom. The predicted octanol–water partition coefficient (Wildman–Crippen LogP) is 2.94. The summed E-state index contributed by atoms with van der Waals surface area (Å²) in [5.41, 5.74) is 1.03. The first-order valence-corrected chi connectivity index (χ1v) is 11.1. The molecule has 0 N–H and O–H groups in total. The number of carbonyl (C=O) groups excluding carboxylic acids is 2. The van der Waals surface area contributed by atoms with Crippen LogP contribution in [0.3, 0.4) is 0 Å². The molecule has 2 aliphatic rings. The van der Waals surface area contributed by atoms with Gasteiger partial charge in [0.15, 0.2) is 0 Å². The molecule has 1 aromatic carbocycles. The van der Waals surface area contributed by atoms with Crippen LogP contribution in [0.1, 0.15) is 44.6 Å². The van der Waals surface area contributed by atoms with Crippen molar-refractivity contribution in [2.24, 2.45) is 5.92 Å². The van der Waals surface area contributed by atoms with Crippen LogP contribution in [0.4, 0.5) is 4.39 Å². The van der Waals surface area contributed by atoms with E-state index in [-0.39, 0.29) is 24.2 Å². The number of rotatable bonds is 8. The lowest BCUT2D eigenvalue weighted by Gasteiger charge is -2.36. The molecule has 2 fully saturated rings. The van der Waals surface area contributed by atoms with Gasteiger partial charge in [0, 0.05) is 39.1 Å². The number of carbonyl (C=O) groups is 2. The Bertz CT molecular complexity index is 696. The number of benzene rings is 1. The summed E-state index contributed by atoms with van der Waals surface area (Å²) in [4.78, 5) is 30.9. The first-order valence-electron chi connectivity index (χ1n) is 11.1. The van der Waals surface area contributed by atoms with Gasteiger partial charge in [-0.2, -0.15) is 0 Å². The molecular formula is C23H34FN3O2. The number of hydrogen-bond donors (Lipinski definition) is 0. The van der Waals surface area contributed by atoms with E-state index in [0.29, 0.717) is 25.4 Å². The van der Waals surface area contributed by atoms with Gasteiger partial charge >= 0.3 is 0 Å². The van der Waals surface area contributed by atoms with Crippen LogP contribution < -0.4 is 0 Å². The molecule has 6 heteroatoms. The zero-order valence-corrected chi connectivity index (χ0v) is 17.6. The number of amides is 2. The van der Waals surface area contributed by atoms with Gasteiger partial charge < -0.3 is 14.7 Å². The van der Waals surface area contributed by atoms with E-state index >= 15 is 0 Å². The van der Waals surface area contributed by atoms with Crippen molar-refractivity contribution >= 4 is 11.8 Å². The Morgan fingerprint density at radius 1 is 1.24 bits per heavy atom. The van der Waals surface area contributed by atoms with E-state index < -0.39 is 0 Å². The van der Waals surface area contributed by atoms with Gasteiger partial charge in [-0.1, -0.05) is 12.1 Å². The summed E-state index contributed by atoms with van der Waals surface area (Å²) in [7, 11) is 0. The van der Waals surface area contributed by atoms with E-state index in [1.807, 2.05) is 17.9 Å². The second-order valence-corrected chi connectivity index (χ2v) is 8.39. The van der Waals surface area contributed by atoms with E-state index in [1.165, 1.54) is 6.07 Å². The van der Waals surface area contributed by atoms with Crippen molar-refractivity contribution in [1.82, 2.24) is 14.7 Å². The van der Waals surface area contributed by atoms with Crippen LogP contribution in [0.25, 0.3) is 0 Å². The van der Waals surface area contributed by atoms with Crippen molar-refractivity contribution in [1.29, 1.82) is 0 Å². The minimum Gasteiger partial charge on any atom is -0.341 e. The van der Waals surface area contributed by atoms with Crippen LogP contribution in [0.2, 0.25) is 0 Å². The Hall–Kier alpha value is -1.95. The topological polar surface area (TPSA) is 43.9 Å². The first kappa shape index (κ1) is 21.8. The lowest BCUT2D eigenvalue weighted by Crippen LogP contribution is -2.48. The molecule has 0 aromatic heterocycles. The number of likely N-dealkylation sites (N-methyl/N-ethyl adjacent to an activating group) is 1. The van der Waals surface area contributed by atoms with Gasteiger partial charge in [-0.25, -0.2) is 4.39 Å². The third-order valence-corrected chi connectivity index (χ3v) is 6.17. The molecule has 2 aliphatic heterocycles. The summed E-state index contributed by atoms with van der Waals surface area (Å²) in [6.45, 7) is 7.34. The molecule has 0 aliphatic carbocycles. The van der Waals surface area contributed by atoms with E-state index in [1.54, 1.807) is 17.0 Å². The molecule has 5 nitrogen and oxygen atoms in total. The fourth-order valence-corrected chi connectivity index (χ4v) is 4.49. The molecule has 2 amide bonds. The van der Waals surface area contributed by atoms with Gasteiger partial charge in [0.1, 0.15) is 5.82 Å². The van der Waals surface area contributed by atoms with Gasteiger partial charge in [0.05, 0.1) is 6.54 Å². The molecule has 0 unspecified atom stereocenters. The fourth-order valence-electron chi connectivity index (χ4n) is 4.49. The van der Waals surface area contributed by atoms with Crippen LogP contribution in [0.15, 0.2) is 24.3 Å². The van der Waals surface area contributed by atoms with Crippen molar-refractivity contribution in [3.63, 3.8) is 0 Å². The minimum atomic E-state index is -0.177. The average Bonchev–Trinajstić information content (AvgIpc) is 2.72. The highest BCUT2D eigenvalue weighted by Crippen LogP contribution is 2.19. The zero-order chi connectivity index (χ0) is 20.6. The lowest BCUT2D eigenvalue weighted by molar-refractivity contribution is -0.142. The fraction of sp³-hybridized carbons (Fsp3) is 0.652. The Morgan fingerprint density at radius 2 is 2.10 bits per heavy atom. The molecule has 0 saturated carbocycles. The van der Waals surface area contributed by atoms with E-state index in [9.17, 15) is 14.0 Å². The van der Waals surface area contributed by atoms with E-state index in [0.717, 1.165) is 63.8 Å². The molecule has 1 aromatic rings. The van der Waals surface area contributed by atoms with Gasteiger partial charge in [0.2, 0.25) is 11.8 Å². The SMILES string of the molecule is CCN(C[C@@H]1CCCN(CCc2cccc(F)c2)C1)C(=O)CN1CCCCC1=O. The zero-order valence-electron chi connectivity index (χ0n) is 17.6. The van der Waals surface area contributed by atoms with E-state index in [2.05, 4.69) is 4.90 Å². The molecule has 2 saturated heterocycles. The van der Waals surface area contributed by atoms with Gasteiger partial charge in [-0.15, -0.1) is 0 Å². The maximum Gasteiger partial charge on any atom is 0.242 e. The van der Waals surface area contributed by atoms with E-state index in [4.69, 9.17) is 0 Å². The number of hydrogen-bond acceptors (Lipinski definition) is 3. The monoisotopic (exact) mass is 403 g/mol. The van der Waals surface area contributed by atoms with Crippen molar-refractivity contribution in [3.8, 4) is 0 Å². The maximum absolute atomic E-state index is 13.4. The first-order chi connectivity index (χ1) is 14.0. The predicted molar refractivity (Wildman–Crippen MR) is 112 cm³/mol. The maximum atomic E-state index is 13.4. The largest absolute Gasteiger partial charge is 0.341 e. The third-order valence-electron chi connectivity index (χ3n) is 6.17. The summed E-state index contributed by atoms with van der Waals surface area (Å²) in [6, 6.07) is 6.83. The summed E-state index contributed by atoms with van der Waals surface area (Å²) in [5.74, 6) is 0.460. The van der Waals surface area contributed by atoms with Crippen LogP contribution >= 0.6 is 0 Å². The molecule has 0 spiro atoms. The Kier molecular flexibility index (Phi) is 8.04. The molecule has 3 rings (SSSR count). The number of nitrogens with zero attached hydrogens (tertiary/aromatic N) is 3. The normalized spacial score (nSPS) is 20.7. The highest BCUT2D eigenvalue weighted by atomic mass is 19.1. The van der Waals surface area contributed by atoms with Crippen LogP contribution in [0, 0.1) is 11.7 Å². The Balaban J connectivity index is 1.47. The van der Waals surface area contributed by atoms with Crippen molar-refractivity contribution in [2.45, 2.75) is 45.4 Å². The molecule has 2 heterocycles. The molecule has 29 heavy (non-hydrogen) atoms. The van der Waals surface area contributed by atoms with Crippen LogP contribution in [-0.4, -0.2) is 72.3 Å². The lowest BCUT2D eigenvalue weighted by atomic mass is 9.96. The second-order valence-electron chi connectivity index (χ2n) is 8.39. The van der Waals surface area contributed by atoms with Crippen molar-refractivity contribution in [2.75, 3.05) is 45.8 Å². The van der Waals surface area contributed by atoms with Crippen LogP contribution in [-0.2, 0) is 16.0 Å². The highest BCUT2D eigenvalue weighted by molar-refractivity contribution is 5.85.